The Labute approximate surface area is 239 Å². The maximum absolute atomic E-state index is 14.4. The number of benzene rings is 1. The van der Waals surface area contributed by atoms with Crippen LogP contribution < -0.4 is 4.74 Å². The molecule has 2 aliphatic rings. The lowest BCUT2D eigenvalue weighted by molar-refractivity contribution is -0.143. The summed E-state index contributed by atoms with van der Waals surface area (Å²) in [5, 5.41) is 9.50. The van der Waals surface area contributed by atoms with Crippen LogP contribution in [-0.2, 0) is 14.4 Å². The minimum atomic E-state index is -1.15. The minimum absolute atomic E-state index is 0.0177. The number of nitrogens with zero attached hydrogens (tertiary/aromatic N) is 6. The van der Waals surface area contributed by atoms with Gasteiger partial charge >= 0.3 is 6.09 Å². The highest BCUT2D eigenvalue weighted by Crippen LogP contribution is 2.25. The predicted molar refractivity (Wildman–Crippen MR) is 146 cm³/mol. The molecule has 226 valence electrons. The molecule has 0 aliphatic carbocycles. The van der Waals surface area contributed by atoms with Gasteiger partial charge in [-0.05, 0) is 38.7 Å². The number of hydrogen-bond donors (Lipinski definition) is 1. The molecule has 2 aliphatic heterocycles. The molecular formula is C27H39FN6O7. The number of ether oxygens (including phenoxy) is 1. The first-order chi connectivity index (χ1) is 19.3. The van der Waals surface area contributed by atoms with Gasteiger partial charge in [0.1, 0.15) is 24.2 Å². The van der Waals surface area contributed by atoms with Gasteiger partial charge in [0.2, 0.25) is 17.7 Å². The van der Waals surface area contributed by atoms with E-state index in [-0.39, 0.29) is 62.8 Å². The molecular weight excluding hydrogens is 539 g/mol. The summed E-state index contributed by atoms with van der Waals surface area (Å²) in [6.07, 6.45) is -1.29. The quantitative estimate of drug-likeness (QED) is 0.532. The van der Waals surface area contributed by atoms with Crippen LogP contribution in [0.4, 0.5) is 9.18 Å². The summed E-state index contributed by atoms with van der Waals surface area (Å²) in [4.78, 5) is 73.6. The number of hydrogen-bond acceptors (Lipinski definition) is 7. The molecule has 0 aromatic heterocycles. The van der Waals surface area contributed by atoms with Gasteiger partial charge in [0, 0.05) is 60.3 Å². The standard InChI is InChI=1S/C27H39FN6O7/c1-29(2)10-11-30(3)26(38)21-7-9-23(35)31(4)16-24(36)34-13-12-33(27(39)40)15-19(34)17-41-22-8-6-18(28)14-20(22)25(37)32(21)5/h6,8,14,19,21H,7,9-13,15-17H2,1-5H3,(H,39,40)/t19-,21-/m0/s1. The number of likely N-dealkylation sites (N-methyl/N-ethyl adjacent to an activating group) is 4. The van der Waals surface area contributed by atoms with Gasteiger partial charge in [0.25, 0.3) is 5.91 Å². The van der Waals surface area contributed by atoms with Crippen molar-refractivity contribution in [2.75, 3.05) is 81.1 Å². The first-order valence-electron chi connectivity index (χ1n) is 13.4. The Balaban J connectivity index is 1.99. The molecule has 13 nitrogen and oxygen atoms in total. The zero-order valence-corrected chi connectivity index (χ0v) is 24.2. The second-order valence-corrected chi connectivity index (χ2v) is 10.7. The van der Waals surface area contributed by atoms with Gasteiger partial charge in [-0.25, -0.2) is 9.18 Å². The predicted octanol–water partition coefficient (Wildman–Crippen LogP) is 0.108. The monoisotopic (exact) mass is 578 g/mol. The van der Waals surface area contributed by atoms with Gasteiger partial charge < -0.3 is 39.2 Å². The number of rotatable bonds is 4. The van der Waals surface area contributed by atoms with E-state index in [4.69, 9.17) is 4.74 Å². The van der Waals surface area contributed by atoms with Crippen molar-refractivity contribution in [2.24, 2.45) is 0 Å². The highest BCUT2D eigenvalue weighted by Gasteiger charge is 2.36. The van der Waals surface area contributed by atoms with Crippen LogP contribution in [0.25, 0.3) is 0 Å². The van der Waals surface area contributed by atoms with Crippen LogP contribution >= 0.6 is 0 Å². The van der Waals surface area contributed by atoms with Gasteiger partial charge in [-0.3, -0.25) is 19.2 Å². The van der Waals surface area contributed by atoms with Crippen LogP contribution in [0.1, 0.15) is 23.2 Å². The van der Waals surface area contributed by atoms with Crippen molar-refractivity contribution in [3.05, 3.63) is 29.6 Å². The number of carboxylic acid groups (broad SMARTS) is 1. The second kappa shape index (κ2) is 13.6. The summed E-state index contributed by atoms with van der Waals surface area (Å²) in [5.41, 5.74) is -0.136. The smallest absolute Gasteiger partial charge is 0.407 e. The Bertz CT molecular complexity index is 1160. The van der Waals surface area contributed by atoms with Crippen molar-refractivity contribution >= 4 is 29.7 Å². The number of carbonyl (C=O) groups excluding carboxylic acids is 4. The van der Waals surface area contributed by atoms with Gasteiger partial charge in [-0.2, -0.15) is 0 Å². The number of halogens is 1. The SMILES string of the molecule is CN(C)CCN(C)C(=O)[C@@H]1CCC(=O)N(C)CC(=O)N2CCN(C(=O)O)C[C@H]2COc2ccc(F)cc2C(=O)N1C. The van der Waals surface area contributed by atoms with E-state index in [9.17, 15) is 33.5 Å². The molecule has 2 atom stereocenters. The van der Waals surface area contributed by atoms with E-state index < -0.39 is 41.7 Å². The Morgan fingerprint density at radius 2 is 1.78 bits per heavy atom. The largest absolute Gasteiger partial charge is 0.491 e. The molecule has 0 bridgehead atoms. The van der Waals surface area contributed by atoms with E-state index in [0.717, 1.165) is 17.0 Å². The molecule has 14 heteroatoms. The normalized spacial score (nSPS) is 21.1. The molecule has 1 fully saturated rings. The lowest BCUT2D eigenvalue weighted by Crippen LogP contribution is -2.59. The van der Waals surface area contributed by atoms with Crippen molar-refractivity contribution in [1.82, 2.24) is 29.4 Å². The average molecular weight is 579 g/mol. The Morgan fingerprint density at radius 1 is 1.07 bits per heavy atom. The molecule has 2 heterocycles. The fourth-order valence-corrected chi connectivity index (χ4v) is 4.84. The van der Waals surface area contributed by atoms with Crippen molar-refractivity contribution in [3.8, 4) is 5.75 Å². The molecule has 0 saturated carbocycles. The van der Waals surface area contributed by atoms with Crippen molar-refractivity contribution in [1.29, 1.82) is 0 Å². The van der Waals surface area contributed by atoms with Crippen molar-refractivity contribution < 1.29 is 38.2 Å². The summed E-state index contributed by atoms with van der Waals surface area (Å²) in [5.74, 6) is -2.52. The molecule has 0 spiro atoms. The third-order valence-electron chi connectivity index (χ3n) is 7.44. The van der Waals surface area contributed by atoms with E-state index >= 15 is 0 Å². The Hall–Kier alpha value is -3.94. The fraction of sp³-hybridized carbons (Fsp3) is 0.593. The molecule has 1 saturated heterocycles. The van der Waals surface area contributed by atoms with E-state index in [1.54, 1.807) is 7.05 Å². The van der Waals surface area contributed by atoms with Crippen LogP contribution in [0.2, 0.25) is 0 Å². The van der Waals surface area contributed by atoms with E-state index in [2.05, 4.69) is 0 Å². The lowest BCUT2D eigenvalue weighted by atomic mass is 10.1. The molecule has 5 amide bonds. The van der Waals surface area contributed by atoms with Gasteiger partial charge in [0.05, 0.1) is 18.2 Å². The number of piperazine rings is 1. The van der Waals surface area contributed by atoms with E-state index in [1.165, 1.54) is 39.8 Å². The Kier molecular flexibility index (Phi) is 10.5. The molecule has 0 unspecified atom stereocenters. The maximum Gasteiger partial charge on any atom is 0.407 e. The third-order valence-corrected chi connectivity index (χ3v) is 7.44. The first kappa shape index (κ1) is 31.6. The van der Waals surface area contributed by atoms with Crippen LogP contribution in [0, 0.1) is 5.82 Å². The fourth-order valence-electron chi connectivity index (χ4n) is 4.84. The number of fused-ring (bicyclic) bond motifs is 2. The minimum Gasteiger partial charge on any atom is -0.491 e. The van der Waals surface area contributed by atoms with E-state index in [0.29, 0.717) is 13.1 Å². The molecule has 1 aromatic carbocycles. The van der Waals surface area contributed by atoms with E-state index in [1.807, 2.05) is 19.0 Å². The van der Waals surface area contributed by atoms with Gasteiger partial charge in [-0.15, -0.1) is 0 Å². The molecule has 0 radical (unpaired) electrons. The maximum atomic E-state index is 14.4. The van der Waals surface area contributed by atoms with Crippen LogP contribution in [0.5, 0.6) is 5.75 Å². The van der Waals surface area contributed by atoms with Gasteiger partial charge in [-0.1, -0.05) is 0 Å². The third kappa shape index (κ3) is 7.84. The zero-order valence-electron chi connectivity index (χ0n) is 24.2. The van der Waals surface area contributed by atoms with Crippen molar-refractivity contribution in [2.45, 2.75) is 24.9 Å². The summed E-state index contributed by atoms with van der Waals surface area (Å²) in [7, 11) is 8.24. The Morgan fingerprint density at radius 3 is 2.44 bits per heavy atom. The summed E-state index contributed by atoms with van der Waals surface area (Å²) < 4.78 is 20.3. The van der Waals surface area contributed by atoms with Crippen LogP contribution in [0.3, 0.4) is 0 Å². The molecule has 1 aromatic rings. The summed E-state index contributed by atoms with van der Waals surface area (Å²) in [6.45, 7) is 0.666. The molecule has 41 heavy (non-hydrogen) atoms. The van der Waals surface area contributed by atoms with Crippen LogP contribution in [-0.4, -0.2) is 157 Å². The highest BCUT2D eigenvalue weighted by molar-refractivity contribution is 5.99. The lowest BCUT2D eigenvalue weighted by Gasteiger charge is -2.40. The van der Waals surface area contributed by atoms with Crippen LogP contribution in [0.15, 0.2) is 18.2 Å². The van der Waals surface area contributed by atoms with Crippen molar-refractivity contribution in [3.63, 3.8) is 0 Å². The molecule has 3 rings (SSSR count). The topological polar surface area (TPSA) is 134 Å². The summed E-state index contributed by atoms with van der Waals surface area (Å²) in [6, 6.07) is 1.66. The first-order valence-corrected chi connectivity index (χ1v) is 13.4. The summed E-state index contributed by atoms with van der Waals surface area (Å²) >= 11 is 0. The number of amides is 5. The second-order valence-electron chi connectivity index (χ2n) is 10.7. The average Bonchev–Trinajstić information content (AvgIpc) is 2.93. The number of carbonyl (C=O) groups is 5. The van der Waals surface area contributed by atoms with Gasteiger partial charge in [0.15, 0.2) is 0 Å². The molecule has 1 N–H and O–H groups in total. The zero-order chi connectivity index (χ0) is 30.4. The highest BCUT2D eigenvalue weighted by atomic mass is 19.1.